The van der Waals surface area contributed by atoms with Gasteiger partial charge in [-0.2, -0.15) is 0 Å². The lowest BCUT2D eigenvalue weighted by Crippen LogP contribution is -2.41. The Balaban J connectivity index is 1.59. The van der Waals surface area contributed by atoms with Crippen LogP contribution in [0, 0.1) is 5.92 Å². The van der Waals surface area contributed by atoms with Crippen LogP contribution >= 0.6 is 11.6 Å². The van der Waals surface area contributed by atoms with E-state index in [0.29, 0.717) is 44.0 Å². The van der Waals surface area contributed by atoms with Crippen LogP contribution in [0.15, 0.2) is 48.7 Å². The summed E-state index contributed by atoms with van der Waals surface area (Å²) in [7, 11) is 0. The highest BCUT2D eigenvalue weighted by Gasteiger charge is 2.30. The second kappa shape index (κ2) is 10.4. The van der Waals surface area contributed by atoms with Crippen molar-refractivity contribution in [3.8, 4) is 0 Å². The number of carbonyl (C=O) groups is 2. The summed E-state index contributed by atoms with van der Waals surface area (Å²) in [4.78, 5) is 30.8. The standard InChI is InChI=1S/C27H31ClN2O3/c1-3-18-7-6-10-22-24(17-29-26(18)22)23(20-8-5-9-21(28)15-20)16-25(31)30-13-11-19(12-14-30)27(32)33-4-2/h5-10,15,17,19,23,29H,3-4,11-14,16H2,1-2H3. The third-order valence-corrected chi connectivity index (χ3v) is 6.92. The average Bonchev–Trinajstić information content (AvgIpc) is 3.26. The van der Waals surface area contributed by atoms with Gasteiger partial charge >= 0.3 is 5.97 Å². The van der Waals surface area contributed by atoms with Gasteiger partial charge in [0.2, 0.25) is 5.91 Å². The van der Waals surface area contributed by atoms with Gasteiger partial charge in [-0.25, -0.2) is 0 Å². The van der Waals surface area contributed by atoms with Crippen LogP contribution in [0.1, 0.15) is 55.7 Å². The summed E-state index contributed by atoms with van der Waals surface area (Å²) >= 11 is 6.33. The fraction of sp³-hybridized carbons (Fsp3) is 0.407. The number of rotatable bonds is 7. The zero-order chi connectivity index (χ0) is 23.4. The van der Waals surface area contributed by atoms with Gasteiger partial charge in [0.25, 0.3) is 0 Å². The van der Waals surface area contributed by atoms with Gasteiger partial charge in [-0.15, -0.1) is 0 Å². The number of halogens is 1. The van der Waals surface area contributed by atoms with Crippen molar-refractivity contribution < 1.29 is 14.3 Å². The molecular formula is C27H31ClN2O3. The van der Waals surface area contributed by atoms with E-state index in [0.717, 1.165) is 28.5 Å². The monoisotopic (exact) mass is 466 g/mol. The second-order valence-corrected chi connectivity index (χ2v) is 9.09. The molecule has 0 spiro atoms. The number of hydrogen-bond acceptors (Lipinski definition) is 3. The first-order valence-electron chi connectivity index (χ1n) is 11.8. The second-order valence-electron chi connectivity index (χ2n) is 8.66. The highest BCUT2D eigenvalue weighted by atomic mass is 35.5. The van der Waals surface area contributed by atoms with E-state index in [2.05, 4.69) is 30.1 Å². The summed E-state index contributed by atoms with van der Waals surface area (Å²) in [5, 5.41) is 1.81. The number of nitrogens with one attached hydrogen (secondary N) is 1. The molecule has 0 saturated carbocycles. The number of fused-ring (bicyclic) bond motifs is 1. The Morgan fingerprint density at radius 3 is 2.61 bits per heavy atom. The summed E-state index contributed by atoms with van der Waals surface area (Å²) in [6, 6.07) is 14.1. The molecule has 0 bridgehead atoms. The minimum atomic E-state index is -0.146. The third-order valence-electron chi connectivity index (χ3n) is 6.69. The highest BCUT2D eigenvalue weighted by molar-refractivity contribution is 6.30. The van der Waals surface area contributed by atoms with Gasteiger partial charge < -0.3 is 14.6 Å². The molecular weight excluding hydrogens is 436 g/mol. The fourth-order valence-corrected chi connectivity index (χ4v) is 5.08. The Morgan fingerprint density at radius 2 is 1.91 bits per heavy atom. The third kappa shape index (κ3) is 5.09. The number of nitrogens with zero attached hydrogens (tertiary/aromatic N) is 1. The number of carbonyl (C=O) groups excluding carboxylic acids is 2. The van der Waals surface area contributed by atoms with Gasteiger partial charge in [0.15, 0.2) is 0 Å². The van der Waals surface area contributed by atoms with Crippen molar-refractivity contribution >= 4 is 34.4 Å². The lowest BCUT2D eigenvalue weighted by molar-refractivity contribution is -0.151. The van der Waals surface area contributed by atoms with Crippen molar-refractivity contribution in [1.29, 1.82) is 0 Å². The number of aryl methyl sites for hydroxylation is 1. The molecule has 1 unspecified atom stereocenters. The molecule has 1 fully saturated rings. The number of hydrogen-bond donors (Lipinski definition) is 1. The number of H-pyrrole nitrogens is 1. The topological polar surface area (TPSA) is 62.4 Å². The number of benzene rings is 2. The lowest BCUT2D eigenvalue weighted by atomic mass is 9.87. The molecule has 4 rings (SSSR count). The minimum Gasteiger partial charge on any atom is -0.466 e. The molecule has 1 aliphatic heterocycles. The maximum atomic E-state index is 13.4. The highest BCUT2D eigenvalue weighted by Crippen LogP contribution is 2.36. The quantitative estimate of drug-likeness (QED) is 0.454. The molecule has 174 valence electrons. The van der Waals surface area contributed by atoms with Gasteiger partial charge in [0.1, 0.15) is 0 Å². The van der Waals surface area contributed by atoms with E-state index in [9.17, 15) is 9.59 Å². The molecule has 1 atom stereocenters. The summed E-state index contributed by atoms with van der Waals surface area (Å²) in [5.41, 5.74) is 4.53. The van der Waals surface area contributed by atoms with Gasteiger partial charge in [-0.3, -0.25) is 9.59 Å². The zero-order valence-electron chi connectivity index (χ0n) is 19.3. The molecule has 0 radical (unpaired) electrons. The summed E-state index contributed by atoms with van der Waals surface area (Å²) in [6.07, 6.45) is 4.63. The first-order chi connectivity index (χ1) is 16.0. The smallest absolute Gasteiger partial charge is 0.309 e. The SMILES string of the molecule is CCOC(=O)C1CCN(C(=O)CC(c2cccc(Cl)c2)c2c[nH]c3c(CC)cccc23)CC1. The summed E-state index contributed by atoms with van der Waals surface area (Å²) < 4.78 is 5.16. The number of aromatic amines is 1. The van der Waals surface area contributed by atoms with Crippen molar-refractivity contribution in [2.45, 2.75) is 45.4 Å². The fourth-order valence-electron chi connectivity index (χ4n) is 4.88. The van der Waals surface area contributed by atoms with E-state index in [1.165, 1.54) is 5.56 Å². The van der Waals surface area contributed by atoms with Crippen LogP contribution in [0.25, 0.3) is 10.9 Å². The molecule has 3 aromatic rings. The maximum absolute atomic E-state index is 13.4. The van der Waals surface area contributed by atoms with E-state index < -0.39 is 0 Å². The van der Waals surface area contributed by atoms with E-state index in [1.54, 1.807) is 0 Å². The maximum Gasteiger partial charge on any atom is 0.309 e. The Morgan fingerprint density at radius 1 is 1.15 bits per heavy atom. The molecule has 1 aromatic heterocycles. The number of aromatic nitrogens is 1. The van der Waals surface area contributed by atoms with Crippen molar-refractivity contribution in [2.24, 2.45) is 5.92 Å². The van der Waals surface area contributed by atoms with Crippen molar-refractivity contribution in [1.82, 2.24) is 9.88 Å². The number of likely N-dealkylation sites (tertiary alicyclic amines) is 1. The normalized spacial score (nSPS) is 15.5. The van der Waals surface area contributed by atoms with Crippen LogP contribution in [0.3, 0.4) is 0 Å². The Bertz CT molecular complexity index is 1130. The van der Waals surface area contributed by atoms with Gasteiger partial charge in [0.05, 0.1) is 12.5 Å². The van der Waals surface area contributed by atoms with Gasteiger partial charge in [0, 0.05) is 47.6 Å². The first kappa shape index (κ1) is 23.4. The van der Waals surface area contributed by atoms with E-state index in [4.69, 9.17) is 16.3 Å². The number of ether oxygens (including phenoxy) is 1. The minimum absolute atomic E-state index is 0.100. The molecule has 6 heteroatoms. The zero-order valence-corrected chi connectivity index (χ0v) is 20.0. The van der Waals surface area contributed by atoms with Gasteiger partial charge in [-0.05, 0) is 55.0 Å². The summed E-state index contributed by atoms with van der Waals surface area (Å²) in [5.74, 6) is -0.270. The number of piperidine rings is 1. The van der Waals surface area contributed by atoms with E-state index >= 15 is 0 Å². The molecule has 2 heterocycles. The molecule has 2 aromatic carbocycles. The van der Waals surface area contributed by atoms with Gasteiger partial charge in [-0.1, -0.05) is 48.9 Å². The van der Waals surface area contributed by atoms with Crippen LogP contribution in [0.2, 0.25) is 5.02 Å². The van der Waals surface area contributed by atoms with Crippen LogP contribution < -0.4 is 0 Å². The predicted octanol–water partition coefficient (Wildman–Crippen LogP) is 5.71. The Hall–Kier alpha value is -2.79. The molecule has 1 saturated heterocycles. The van der Waals surface area contributed by atoms with Crippen molar-refractivity contribution in [2.75, 3.05) is 19.7 Å². The molecule has 1 N–H and O–H groups in total. The van der Waals surface area contributed by atoms with Crippen LogP contribution in [0.5, 0.6) is 0 Å². The lowest BCUT2D eigenvalue weighted by Gasteiger charge is -2.32. The molecule has 1 aliphatic rings. The summed E-state index contributed by atoms with van der Waals surface area (Å²) in [6.45, 7) is 5.52. The molecule has 1 amide bonds. The van der Waals surface area contributed by atoms with Crippen LogP contribution in [0.4, 0.5) is 0 Å². The van der Waals surface area contributed by atoms with Crippen molar-refractivity contribution in [3.05, 3.63) is 70.4 Å². The number of para-hydroxylation sites is 1. The average molecular weight is 467 g/mol. The largest absolute Gasteiger partial charge is 0.466 e. The number of esters is 1. The van der Waals surface area contributed by atoms with Crippen LogP contribution in [-0.2, 0) is 20.7 Å². The molecule has 0 aliphatic carbocycles. The van der Waals surface area contributed by atoms with Crippen molar-refractivity contribution in [3.63, 3.8) is 0 Å². The Kier molecular flexibility index (Phi) is 7.39. The van der Waals surface area contributed by atoms with E-state index in [1.807, 2.05) is 42.3 Å². The predicted molar refractivity (Wildman–Crippen MR) is 132 cm³/mol. The molecule has 33 heavy (non-hydrogen) atoms. The van der Waals surface area contributed by atoms with E-state index in [-0.39, 0.29) is 23.7 Å². The number of amides is 1. The Labute approximate surface area is 200 Å². The molecule has 5 nitrogen and oxygen atoms in total. The first-order valence-corrected chi connectivity index (χ1v) is 12.2. The van der Waals surface area contributed by atoms with Crippen LogP contribution in [-0.4, -0.2) is 41.5 Å².